The minimum Gasteiger partial charge on any atom is -0.867 e. The second-order valence-corrected chi connectivity index (χ2v) is 5.92. The average molecular weight is 323 g/mol. The molecule has 0 aliphatic heterocycles. The molecule has 5 rings (SSSR count). The minimum absolute atomic E-state index is 0.0381. The van der Waals surface area contributed by atoms with Crippen LogP contribution in [0.1, 0.15) is 0 Å². The van der Waals surface area contributed by atoms with E-state index in [1.54, 1.807) is 0 Å². The highest BCUT2D eigenvalue weighted by Gasteiger charge is 2.19. The summed E-state index contributed by atoms with van der Waals surface area (Å²) in [5.41, 5.74) is 3.51. The number of aromatic nitrogens is 3. The van der Waals surface area contributed by atoms with E-state index in [9.17, 15) is 5.11 Å². The fraction of sp³-hybridized carbons (Fsp3) is 0. The van der Waals surface area contributed by atoms with E-state index in [1.165, 1.54) is 0 Å². The summed E-state index contributed by atoms with van der Waals surface area (Å²) in [6, 6.07) is 21.0. The van der Waals surface area contributed by atoms with E-state index in [-0.39, 0.29) is 5.75 Å². The predicted molar refractivity (Wildman–Crippen MR) is 95.5 cm³/mol. The molecule has 4 nitrogen and oxygen atoms in total. The Morgan fingerprint density at radius 1 is 0.640 bits per heavy atom. The maximum Gasteiger partial charge on any atom is 0.231 e. The number of hydrogen-bond donors (Lipinski definition) is 0. The molecule has 0 saturated heterocycles. The molecule has 25 heavy (non-hydrogen) atoms. The summed E-state index contributed by atoms with van der Waals surface area (Å²) in [4.78, 5) is 9.60. The van der Waals surface area contributed by atoms with Crippen molar-refractivity contribution in [3.05, 3.63) is 79.1 Å². The summed E-state index contributed by atoms with van der Waals surface area (Å²) < 4.78 is 1.82. The Labute approximate surface area is 143 Å². The van der Waals surface area contributed by atoms with Crippen LogP contribution in [-0.2, 0) is 0 Å². The maximum absolute atomic E-state index is 13.2. The fourth-order valence-electron chi connectivity index (χ4n) is 3.26. The summed E-state index contributed by atoms with van der Waals surface area (Å²) in [6.07, 6.45) is 3.73. The van der Waals surface area contributed by atoms with Gasteiger partial charge in [0.2, 0.25) is 5.69 Å². The molecular weight excluding hydrogens is 310 g/mol. The first-order valence-electron chi connectivity index (χ1n) is 8.08. The zero-order chi connectivity index (χ0) is 16.8. The monoisotopic (exact) mass is 323 g/mol. The van der Waals surface area contributed by atoms with E-state index in [1.807, 2.05) is 83.7 Å². The summed E-state index contributed by atoms with van der Waals surface area (Å²) >= 11 is 0. The lowest BCUT2D eigenvalue weighted by atomic mass is 10.0. The van der Waals surface area contributed by atoms with Crippen LogP contribution in [0.5, 0.6) is 5.75 Å². The van der Waals surface area contributed by atoms with Crippen LogP contribution >= 0.6 is 0 Å². The highest BCUT2D eigenvalue weighted by atomic mass is 16.3. The molecule has 0 aliphatic carbocycles. The van der Waals surface area contributed by atoms with Crippen molar-refractivity contribution in [3.63, 3.8) is 0 Å². The number of para-hydroxylation sites is 2. The number of pyridine rings is 1. The number of rotatable bonds is 1. The van der Waals surface area contributed by atoms with Crippen LogP contribution in [0, 0.1) is 0 Å². The van der Waals surface area contributed by atoms with Crippen molar-refractivity contribution in [1.82, 2.24) is 9.97 Å². The van der Waals surface area contributed by atoms with Gasteiger partial charge < -0.3 is 5.11 Å². The standard InChI is InChI=1S/C21H13N3O/c25-21-15-9-3-2-8-14(15)18-19(20(21)24-12-6-1-7-13-24)23-17-11-5-4-10-16(17)22-18/h1-13H. The van der Waals surface area contributed by atoms with E-state index in [4.69, 9.17) is 9.97 Å². The van der Waals surface area contributed by atoms with Crippen molar-refractivity contribution in [3.8, 4) is 11.4 Å². The highest BCUT2D eigenvalue weighted by Crippen LogP contribution is 2.34. The lowest BCUT2D eigenvalue weighted by molar-refractivity contribution is -0.598. The number of hydrogen-bond acceptors (Lipinski definition) is 3. The van der Waals surface area contributed by atoms with Crippen LogP contribution in [-0.4, -0.2) is 9.97 Å². The van der Waals surface area contributed by atoms with Gasteiger partial charge in [0.25, 0.3) is 0 Å². The van der Waals surface area contributed by atoms with Crippen molar-refractivity contribution in [2.75, 3.05) is 0 Å². The zero-order valence-corrected chi connectivity index (χ0v) is 13.3. The van der Waals surface area contributed by atoms with Gasteiger partial charge in [0.15, 0.2) is 17.9 Å². The van der Waals surface area contributed by atoms with Gasteiger partial charge >= 0.3 is 0 Å². The highest BCUT2D eigenvalue weighted by molar-refractivity contribution is 6.11. The zero-order valence-electron chi connectivity index (χ0n) is 13.3. The van der Waals surface area contributed by atoms with Crippen molar-refractivity contribution in [1.29, 1.82) is 0 Å². The first kappa shape index (κ1) is 13.9. The summed E-state index contributed by atoms with van der Waals surface area (Å²) in [7, 11) is 0. The van der Waals surface area contributed by atoms with Gasteiger partial charge in [0, 0.05) is 17.5 Å². The summed E-state index contributed by atoms with van der Waals surface area (Å²) in [5, 5.41) is 14.7. The summed E-state index contributed by atoms with van der Waals surface area (Å²) in [5.74, 6) is -0.0381. The minimum atomic E-state index is -0.0381. The molecule has 5 aromatic rings. The van der Waals surface area contributed by atoms with Crippen LogP contribution in [0.25, 0.3) is 38.5 Å². The van der Waals surface area contributed by atoms with E-state index in [0.717, 1.165) is 21.9 Å². The number of benzene rings is 3. The molecule has 4 heteroatoms. The quantitative estimate of drug-likeness (QED) is 0.270. The Hall–Kier alpha value is -3.53. The first-order chi connectivity index (χ1) is 12.3. The van der Waals surface area contributed by atoms with Crippen molar-refractivity contribution in [2.24, 2.45) is 0 Å². The van der Waals surface area contributed by atoms with Gasteiger partial charge in [-0.3, -0.25) is 0 Å². The molecule has 0 atom stereocenters. The molecule has 0 unspecified atom stereocenters. The molecule has 0 fully saturated rings. The van der Waals surface area contributed by atoms with Crippen molar-refractivity contribution in [2.45, 2.75) is 0 Å². The van der Waals surface area contributed by atoms with Crippen LogP contribution in [0.3, 0.4) is 0 Å². The van der Waals surface area contributed by atoms with E-state index >= 15 is 0 Å². The molecule has 0 radical (unpaired) electrons. The third-order valence-electron chi connectivity index (χ3n) is 4.41. The van der Waals surface area contributed by atoms with Gasteiger partial charge in [-0.25, -0.2) is 9.97 Å². The van der Waals surface area contributed by atoms with Crippen LogP contribution in [0.4, 0.5) is 0 Å². The molecular formula is C21H13N3O. The molecule has 2 aromatic heterocycles. The van der Waals surface area contributed by atoms with Gasteiger partial charge in [-0.15, -0.1) is 0 Å². The molecule has 0 aliphatic rings. The van der Waals surface area contributed by atoms with E-state index in [0.29, 0.717) is 16.6 Å². The maximum atomic E-state index is 13.2. The molecule has 0 saturated carbocycles. The lowest BCUT2D eigenvalue weighted by Gasteiger charge is -2.15. The average Bonchev–Trinajstić information content (AvgIpc) is 2.68. The molecule has 0 bridgehead atoms. The van der Waals surface area contributed by atoms with E-state index in [2.05, 4.69) is 0 Å². The smallest absolute Gasteiger partial charge is 0.231 e. The van der Waals surface area contributed by atoms with Gasteiger partial charge in [-0.1, -0.05) is 42.5 Å². The lowest BCUT2D eigenvalue weighted by Crippen LogP contribution is -2.31. The Balaban J connectivity index is 2.06. The van der Waals surface area contributed by atoms with Gasteiger partial charge in [0.1, 0.15) is 5.52 Å². The Kier molecular flexibility index (Phi) is 2.91. The largest absolute Gasteiger partial charge is 0.867 e. The van der Waals surface area contributed by atoms with Gasteiger partial charge in [0.05, 0.1) is 11.0 Å². The Bertz CT molecular complexity index is 1250. The normalized spacial score (nSPS) is 11.4. The molecule has 0 amide bonds. The number of fused-ring (bicyclic) bond motifs is 4. The third-order valence-corrected chi connectivity index (χ3v) is 4.41. The molecule has 3 aromatic carbocycles. The van der Waals surface area contributed by atoms with Crippen LogP contribution in [0.2, 0.25) is 0 Å². The van der Waals surface area contributed by atoms with Crippen molar-refractivity contribution >= 4 is 32.8 Å². The topological polar surface area (TPSA) is 52.7 Å². The SMILES string of the molecule is [O-]c1c(-[n+]2ccccc2)c2nc3ccccc3nc2c2ccccc12. The second kappa shape index (κ2) is 5.24. The van der Waals surface area contributed by atoms with Crippen LogP contribution in [0.15, 0.2) is 79.1 Å². The summed E-state index contributed by atoms with van der Waals surface area (Å²) in [6.45, 7) is 0. The first-order valence-corrected chi connectivity index (χ1v) is 8.08. The molecule has 118 valence electrons. The number of nitrogens with zero attached hydrogens (tertiary/aromatic N) is 3. The third kappa shape index (κ3) is 2.04. The Morgan fingerprint density at radius 3 is 1.96 bits per heavy atom. The van der Waals surface area contributed by atoms with Gasteiger partial charge in [-0.05, 0) is 23.3 Å². The van der Waals surface area contributed by atoms with Gasteiger partial charge in [-0.2, -0.15) is 4.57 Å². The molecule has 0 N–H and O–H groups in total. The Morgan fingerprint density at radius 2 is 1.24 bits per heavy atom. The fourth-order valence-corrected chi connectivity index (χ4v) is 3.26. The van der Waals surface area contributed by atoms with Crippen molar-refractivity contribution < 1.29 is 9.67 Å². The molecule has 2 heterocycles. The second-order valence-electron chi connectivity index (χ2n) is 5.92. The van der Waals surface area contributed by atoms with E-state index < -0.39 is 0 Å². The van der Waals surface area contributed by atoms with Crippen LogP contribution < -0.4 is 9.67 Å². The predicted octanol–water partition coefficient (Wildman–Crippen LogP) is 3.29. The molecule has 0 spiro atoms.